The van der Waals surface area contributed by atoms with Gasteiger partial charge in [0.25, 0.3) is 0 Å². The van der Waals surface area contributed by atoms with Crippen LogP contribution in [0.4, 0.5) is 0 Å². The van der Waals surface area contributed by atoms with E-state index in [1.165, 1.54) is 58.9 Å². The summed E-state index contributed by atoms with van der Waals surface area (Å²) >= 11 is 0. The van der Waals surface area contributed by atoms with E-state index in [4.69, 9.17) is 45.9 Å². The molecule has 0 radical (unpaired) electrons. The van der Waals surface area contributed by atoms with Crippen molar-refractivity contribution in [1.82, 2.24) is 69.1 Å². The highest BCUT2D eigenvalue weighted by molar-refractivity contribution is 6.00. The summed E-state index contributed by atoms with van der Waals surface area (Å²) in [5, 5.41) is 53.6. The number of carbonyl (C=O) groups excluding carboxylic acids is 13. The lowest BCUT2D eigenvalue weighted by Crippen LogP contribution is -2.60. The second-order valence-electron chi connectivity index (χ2n) is 29.2. The van der Waals surface area contributed by atoms with E-state index in [-0.39, 0.29) is 120 Å². The number of benzene rings is 2. The predicted molar refractivity (Wildman–Crippen MR) is 428 cm³/mol. The maximum absolute atomic E-state index is 14.7. The Hall–Kier alpha value is -10.8. The molecule has 0 aliphatic carbocycles. The summed E-state index contributed by atoms with van der Waals surface area (Å²) in [7, 11) is 0. The summed E-state index contributed by atoms with van der Waals surface area (Å²) in [5.41, 5.74) is 46.5. The summed E-state index contributed by atoms with van der Waals surface area (Å²) < 4.78 is 0. The summed E-state index contributed by atoms with van der Waals surface area (Å²) in [6.45, 7) is 14.6. The van der Waals surface area contributed by atoms with Crippen molar-refractivity contribution in [1.29, 1.82) is 0 Å². The largest absolute Gasteiger partial charge is 0.508 e. The van der Waals surface area contributed by atoms with Gasteiger partial charge in [0.2, 0.25) is 76.8 Å². The lowest BCUT2D eigenvalue weighted by atomic mass is 9.99. The number of aliphatic imine (C=N–C) groups is 2. The zero-order valence-electron chi connectivity index (χ0n) is 67.1. The molecule has 0 aromatic heterocycles. The first-order valence-electron chi connectivity index (χ1n) is 38.8. The molecule has 14 atom stereocenters. The average Bonchev–Trinajstić information content (AvgIpc) is 0.846. The second kappa shape index (κ2) is 53.2. The van der Waals surface area contributed by atoms with Crippen molar-refractivity contribution in [3.8, 4) is 5.75 Å². The van der Waals surface area contributed by atoms with Crippen molar-refractivity contribution in [2.45, 2.75) is 256 Å². The van der Waals surface area contributed by atoms with E-state index in [2.05, 4.69) is 79.1 Å². The third-order valence-electron chi connectivity index (χ3n) is 18.0. The molecule has 638 valence electrons. The molecule has 0 fully saturated rings. The molecular weight excluding hydrogens is 1480 g/mol. The molecule has 31 N–H and O–H groups in total. The summed E-state index contributed by atoms with van der Waals surface area (Å²) in [4.78, 5) is 202. The van der Waals surface area contributed by atoms with Crippen molar-refractivity contribution in [3.63, 3.8) is 0 Å². The van der Waals surface area contributed by atoms with Gasteiger partial charge in [0.15, 0.2) is 11.9 Å². The van der Waals surface area contributed by atoms with Crippen LogP contribution < -0.4 is 115 Å². The van der Waals surface area contributed by atoms with Gasteiger partial charge in [0, 0.05) is 25.9 Å². The van der Waals surface area contributed by atoms with E-state index >= 15 is 0 Å². The van der Waals surface area contributed by atoms with Crippen LogP contribution in [-0.2, 0) is 80.0 Å². The normalized spacial score (nSPS) is 14.8. The maximum atomic E-state index is 14.7. The van der Waals surface area contributed by atoms with Gasteiger partial charge in [-0.3, -0.25) is 77.1 Å². The van der Waals surface area contributed by atoms with Crippen molar-refractivity contribution in [3.05, 3.63) is 65.7 Å². The molecule has 114 heavy (non-hydrogen) atoms. The van der Waals surface area contributed by atoms with Gasteiger partial charge >= 0.3 is 5.97 Å². The van der Waals surface area contributed by atoms with Gasteiger partial charge in [-0.2, -0.15) is 0 Å². The molecule has 0 aliphatic rings. The molecule has 2 rings (SSSR count). The molecule has 39 heteroatoms. The number of rotatable bonds is 55. The van der Waals surface area contributed by atoms with Crippen LogP contribution in [0.25, 0.3) is 0 Å². The second-order valence-corrected chi connectivity index (χ2v) is 29.2. The first-order chi connectivity index (χ1) is 53.8. The first kappa shape index (κ1) is 99.3. The smallest absolute Gasteiger partial charge is 0.325 e. The van der Waals surface area contributed by atoms with E-state index < -0.39 is 167 Å². The molecule has 0 bridgehead atoms. The van der Waals surface area contributed by atoms with Gasteiger partial charge in [0.05, 0.1) is 6.04 Å². The Morgan fingerprint density at radius 2 is 0.596 bits per heavy atom. The minimum atomic E-state index is -1.52. The molecule has 0 saturated heterocycles. The van der Waals surface area contributed by atoms with Gasteiger partial charge in [-0.1, -0.05) is 76.6 Å². The van der Waals surface area contributed by atoms with Gasteiger partial charge < -0.3 is 125 Å². The molecule has 39 nitrogen and oxygen atoms in total. The molecule has 0 unspecified atom stereocenters. The van der Waals surface area contributed by atoms with E-state index in [0.717, 1.165) is 0 Å². The van der Waals surface area contributed by atoms with Crippen LogP contribution in [0.2, 0.25) is 0 Å². The van der Waals surface area contributed by atoms with Crippen molar-refractivity contribution in [2.75, 3.05) is 32.7 Å². The minimum Gasteiger partial charge on any atom is -0.508 e. The molecule has 2 aromatic carbocycles. The molecule has 2 aromatic rings. The zero-order valence-corrected chi connectivity index (χ0v) is 67.1. The van der Waals surface area contributed by atoms with Crippen LogP contribution in [-0.4, -0.2) is 222 Å². The Morgan fingerprint density at radius 1 is 0.325 bits per heavy atom. The van der Waals surface area contributed by atoms with E-state index in [0.29, 0.717) is 62.6 Å². The summed E-state index contributed by atoms with van der Waals surface area (Å²) in [6, 6.07) is -4.02. The van der Waals surface area contributed by atoms with E-state index in [1.807, 2.05) is 0 Å². The van der Waals surface area contributed by atoms with Crippen molar-refractivity contribution in [2.24, 2.45) is 67.7 Å². The number of nitrogens with one attached hydrogen (secondary N) is 13. The Labute approximate surface area is 666 Å². The van der Waals surface area contributed by atoms with Crippen LogP contribution in [0.3, 0.4) is 0 Å². The fourth-order valence-electron chi connectivity index (χ4n) is 11.4. The number of guanidine groups is 2. The van der Waals surface area contributed by atoms with Crippen LogP contribution >= 0.6 is 0 Å². The van der Waals surface area contributed by atoms with E-state index in [9.17, 15) is 77.3 Å². The molecule has 0 heterocycles. The number of unbranched alkanes of at least 4 members (excludes halogenated alkanes) is 3. The number of amides is 13. The molecule has 0 saturated carbocycles. The lowest BCUT2D eigenvalue weighted by Gasteiger charge is -2.28. The van der Waals surface area contributed by atoms with Crippen molar-refractivity contribution >= 4 is 94.7 Å². The van der Waals surface area contributed by atoms with Crippen LogP contribution in [0.5, 0.6) is 5.75 Å². The maximum Gasteiger partial charge on any atom is 0.325 e. The number of phenols is 1. The SMILES string of the molecule is CC(C)C[C@H](NC(=O)[C@H](CCCCN)NC(=O)[C@H](C)NC(=O)[C@H](Cc1ccccc1)NC(=O)[C@H](C)NC(=O)[C@@H](N)CCCCN)C(=O)N[C@@H](C)C(=O)N[C@@H](C)C(=O)N[C@@H](CCCN=C(N)N)C(=O)N[C@@H](CC(C)C)C(=O)N[C@@H](Cc1ccc(O)cc1)C(=O)N[C@@H](CCCN=C(N)N)C(=O)N[C@@H](CCCCN)C(=O)N[C@@H](C)C(=O)O. The third kappa shape index (κ3) is 39.6. The Balaban J connectivity index is 2.43. The number of hydrogen-bond donors (Lipinski definition) is 23. The molecule has 0 aliphatic heterocycles. The topological polar surface area (TPSA) is 669 Å². The fourth-order valence-corrected chi connectivity index (χ4v) is 11.4. The third-order valence-corrected chi connectivity index (χ3v) is 18.0. The quantitative estimate of drug-likeness (QED) is 0.0169. The van der Waals surface area contributed by atoms with Gasteiger partial charge in [-0.25, -0.2) is 0 Å². The summed E-state index contributed by atoms with van der Waals surface area (Å²) in [6.07, 6.45) is 2.86. The highest BCUT2D eigenvalue weighted by atomic mass is 16.4. The zero-order chi connectivity index (χ0) is 85.7. The monoisotopic (exact) mass is 1610 g/mol. The number of nitrogens with zero attached hydrogens (tertiary/aromatic N) is 2. The summed E-state index contributed by atoms with van der Waals surface area (Å²) in [5.74, 6) is -13.2. The number of hydrogen-bond acceptors (Lipinski definition) is 21. The van der Waals surface area contributed by atoms with Crippen LogP contribution in [0, 0.1) is 11.8 Å². The molecule has 0 spiro atoms. The van der Waals surface area contributed by atoms with Gasteiger partial charge in [-0.15, -0.1) is 0 Å². The Kier molecular flexibility index (Phi) is 46.4. The number of carbonyl (C=O) groups is 14. The first-order valence-corrected chi connectivity index (χ1v) is 38.8. The minimum absolute atomic E-state index is 0.000306. The molecular formula is C75H127N23O16. The number of aromatic hydroxyl groups is 1. The number of carboxylic acid groups (broad SMARTS) is 1. The van der Waals surface area contributed by atoms with Crippen LogP contribution in [0.15, 0.2) is 64.6 Å². The predicted octanol–water partition coefficient (Wildman–Crippen LogP) is -4.42. The standard InChI is InChI=1S/C75H127N23O16/c1-41(2)37-56(96-67(107)53(25-15-18-34-78)91-62(102)46(8)89-70(110)58(39-48-21-11-10-12-22-48)95-63(103)45(7)87-64(104)51(79)23-13-16-32-76)69(109)88-43(5)60(100)86-44(6)61(101)92-54(26-19-35-84-74(80)81)68(108)97-57(38-42(3)4)71(111)98-59(40-49-28-30-50(99)31-29-49)72(112)94-55(27-20-36-85-75(82)83)66(106)93-52(24-14-17-33-77)65(105)90-47(9)73(113)114/h10-12,21-22,28-31,41-47,51-59,99H,13-20,23-27,32-40,76-79H2,1-9H3,(H,86,100)(H,87,104)(H,88,109)(H,89,110)(H,90,105)(H,91,102)(H,92,101)(H,93,106)(H,94,112)(H,95,103)(H,96,107)(H,97,108)(H,98,111)(H,113,114)(H4,80,81,84)(H4,82,83,85)/t43-,44-,45-,46-,47-,51-,52-,53-,54-,55-,56-,57-,58-,59-/m0/s1. The van der Waals surface area contributed by atoms with Crippen molar-refractivity contribution < 1.29 is 77.3 Å². The van der Waals surface area contributed by atoms with Gasteiger partial charge in [0.1, 0.15) is 84.3 Å². The fraction of sp³-hybridized carbons (Fsp3) is 0.627. The number of aliphatic carboxylic acids is 1. The van der Waals surface area contributed by atoms with E-state index in [1.54, 1.807) is 58.0 Å². The highest BCUT2D eigenvalue weighted by Gasteiger charge is 2.37. The number of carboxylic acids is 1. The number of phenolic OH excluding ortho intramolecular Hbond substituents is 1. The Morgan fingerprint density at radius 3 is 0.974 bits per heavy atom. The Bertz CT molecular complexity index is 3490. The molecule has 13 amide bonds. The van der Waals surface area contributed by atoms with Crippen LogP contribution in [0.1, 0.15) is 170 Å². The van der Waals surface area contributed by atoms with Gasteiger partial charge in [-0.05, 0) is 179 Å². The highest BCUT2D eigenvalue weighted by Crippen LogP contribution is 2.16. The number of nitrogens with two attached hydrogens (primary N) is 8. The average molecular weight is 1610 g/mol. The lowest BCUT2D eigenvalue weighted by molar-refractivity contribution is -0.142.